The van der Waals surface area contributed by atoms with Crippen LogP contribution in [0.4, 0.5) is 4.79 Å². The molecule has 1 aromatic carbocycles. The molecule has 0 saturated carbocycles. The van der Waals surface area contributed by atoms with Crippen molar-refractivity contribution < 1.29 is 19.4 Å². The van der Waals surface area contributed by atoms with E-state index < -0.39 is 18.4 Å². The second-order valence-electron chi connectivity index (χ2n) is 4.28. The third-order valence-electron chi connectivity index (χ3n) is 3.02. The van der Waals surface area contributed by atoms with Crippen LogP contribution in [0.2, 0.25) is 0 Å². The summed E-state index contributed by atoms with van der Waals surface area (Å²) in [6.45, 7) is 1.86. The van der Waals surface area contributed by atoms with E-state index in [9.17, 15) is 9.90 Å². The SMILES string of the molecule is CO[C@@H]([C@@H](C)O)N1C(=O)OC[C@H]1c1ccccc1. The van der Waals surface area contributed by atoms with Gasteiger partial charge in [-0.05, 0) is 12.5 Å². The molecule has 5 nitrogen and oxygen atoms in total. The predicted octanol–water partition coefficient (Wildman–Crippen LogP) is 1.53. The molecule has 2 rings (SSSR count). The molecule has 1 heterocycles. The lowest BCUT2D eigenvalue weighted by Gasteiger charge is -2.31. The summed E-state index contributed by atoms with van der Waals surface area (Å²) in [7, 11) is 1.46. The van der Waals surface area contributed by atoms with Gasteiger partial charge in [-0.25, -0.2) is 4.79 Å². The number of cyclic esters (lactones) is 1. The zero-order valence-electron chi connectivity index (χ0n) is 10.4. The largest absolute Gasteiger partial charge is 0.447 e. The van der Waals surface area contributed by atoms with Gasteiger partial charge in [0.05, 0.1) is 12.1 Å². The topological polar surface area (TPSA) is 59.0 Å². The van der Waals surface area contributed by atoms with Crippen molar-refractivity contribution in [3.63, 3.8) is 0 Å². The number of amides is 1. The lowest BCUT2D eigenvalue weighted by atomic mass is 10.1. The van der Waals surface area contributed by atoms with Crippen LogP contribution < -0.4 is 0 Å². The van der Waals surface area contributed by atoms with Crippen LogP contribution in [0, 0.1) is 0 Å². The molecule has 0 aromatic heterocycles. The first-order valence-corrected chi connectivity index (χ1v) is 5.86. The molecule has 0 spiro atoms. The van der Waals surface area contributed by atoms with E-state index in [1.807, 2.05) is 30.3 Å². The van der Waals surface area contributed by atoms with E-state index >= 15 is 0 Å². The fraction of sp³-hybridized carbons (Fsp3) is 0.462. The van der Waals surface area contributed by atoms with Crippen LogP contribution >= 0.6 is 0 Å². The van der Waals surface area contributed by atoms with Crippen molar-refractivity contribution in [1.29, 1.82) is 0 Å². The highest BCUT2D eigenvalue weighted by Gasteiger charge is 2.41. The van der Waals surface area contributed by atoms with Crippen LogP contribution in [0.3, 0.4) is 0 Å². The minimum atomic E-state index is -0.785. The van der Waals surface area contributed by atoms with Gasteiger partial charge in [0.1, 0.15) is 6.61 Å². The van der Waals surface area contributed by atoms with Crippen LogP contribution in [-0.4, -0.2) is 42.1 Å². The smallest absolute Gasteiger partial charge is 0.412 e. The maximum Gasteiger partial charge on any atom is 0.412 e. The van der Waals surface area contributed by atoms with E-state index in [2.05, 4.69) is 0 Å². The van der Waals surface area contributed by atoms with Crippen LogP contribution in [0.25, 0.3) is 0 Å². The molecule has 1 fully saturated rings. The number of benzene rings is 1. The number of hydrogen-bond acceptors (Lipinski definition) is 4. The number of carbonyl (C=O) groups excluding carboxylic acids is 1. The zero-order valence-corrected chi connectivity index (χ0v) is 10.4. The molecule has 1 aliphatic heterocycles. The molecule has 0 radical (unpaired) electrons. The molecule has 98 valence electrons. The summed E-state index contributed by atoms with van der Waals surface area (Å²) in [4.78, 5) is 13.2. The summed E-state index contributed by atoms with van der Waals surface area (Å²) in [6, 6.07) is 9.34. The van der Waals surface area contributed by atoms with Crippen molar-refractivity contribution in [2.24, 2.45) is 0 Å². The summed E-state index contributed by atoms with van der Waals surface area (Å²) in [6.07, 6.45) is -1.95. The Morgan fingerprint density at radius 2 is 2.11 bits per heavy atom. The number of aliphatic hydroxyl groups excluding tert-OH is 1. The highest BCUT2D eigenvalue weighted by atomic mass is 16.6. The quantitative estimate of drug-likeness (QED) is 0.881. The van der Waals surface area contributed by atoms with Crippen molar-refractivity contribution >= 4 is 6.09 Å². The summed E-state index contributed by atoms with van der Waals surface area (Å²) < 4.78 is 10.3. The van der Waals surface area contributed by atoms with Crippen LogP contribution in [0.5, 0.6) is 0 Å². The average Bonchev–Trinajstić information content (AvgIpc) is 2.74. The molecular formula is C13H17NO4. The Labute approximate surface area is 106 Å². The van der Waals surface area contributed by atoms with Gasteiger partial charge < -0.3 is 14.6 Å². The number of carbonyl (C=O) groups is 1. The highest BCUT2D eigenvalue weighted by molar-refractivity contribution is 5.71. The van der Waals surface area contributed by atoms with Gasteiger partial charge in [0, 0.05) is 7.11 Å². The lowest BCUT2D eigenvalue weighted by Crippen LogP contribution is -2.45. The number of methoxy groups -OCH3 is 1. The van der Waals surface area contributed by atoms with Crippen molar-refractivity contribution in [2.45, 2.75) is 25.3 Å². The van der Waals surface area contributed by atoms with Gasteiger partial charge in [-0.1, -0.05) is 30.3 Å². The summed E-state index contributed by atoms with van der Waals surface area (Å²) in [5, 5.41) is 9.68. The second-order valence-corrected chi connectivity index (χ2v) is 4.28. The molecule has 1 aliphatic rings. The molecule has 1 aromatic rings. The summed E-state index contributed by atoms with van der Waals surface area (Å²) in [5.74, 6) is 0. The van der Waals surface area contributed by atoms with Crippen LogP contribution in [0.15, 0.2) is 30.3 Å². The van der Waals surface area contributed by atoms with Crippen molar-refractivity contribution in [1.82, 2.24) is 4.90 Å². The van der Waals surface area contributed by atoms with E-state index in [1.54, 1.807) is 6.92 Å². The Hall–Kier alpha value is -1.59. The fourth-order valence-electron chi connectivity index (χ4n) is 2.19. The first-order valence-electron chi connectivity index (χ1n) is 5.86. The second kappa shape index (κ2) is 5.37. The number of ether oxygens (including phenoxy) is 2. The molecule has 0 unspecified atom stereocenters. The van der Waals surface area contributed by atoms with Crippen molar-refractivity contribution in [3.8, 4) is 0 Å². The van der Waals surface area contributed by atoms with Gasteiger partial charge in [0.15, 0.2) is 6.23 Å². The maximum atomic E-state index is 11.8. The van der Waals surface area contributed by atoms with E-state index in [-0.39, 0.29) is 12.6 Å². The van der Waals surface area contributed by atoms with Crippen LogP contribution in [-0.2, 0) is 9.47 Å². The van der Waals surface area contributed by atoms with Gasteiger partial charge in [-0.15, -0.1) is 0 Å². The first-order chi connectivity index (χ1) is 8.65. The van der Waals surface area contributed by atoms with Gasteiger partial charge in [0.2, 0.25) is 0 Å². The molecule has 18 heavy (non-hydrogen) atoms. The molecule has 1 N–H and O–H groups in total. The van der Waals surface area contributed by atoms with Gasteiger partial charge in [-0.2, -0.15) is 0 Å². The third kappa shape index (κ3) is 2.32. The Balaban J connectivity index is 2.28. The third-order valence-corrected chi connectivity index (χ3v) is 3.02. The summed E-state index contributed by atoms with van der Waals surface area (Å²) in [5.41, 5.74) is 0.964. The molecule has 5 heteroatoms. The minimum absolute atomic E-state index is 0.224. The average molecular weight is 251 g/mol. The number of aliphatic hydroxyl groups is 1. The fourth-order valence-corrected chi connectivity index (χ4v) is 2.19. The standard InChI is InChI=1S/C13H17NO4/c1-9(15)12(17-2)14-11(8-18-13(14)16)10-6-4-3-5-7-10/h3-7,9,11-12,15H,8H2,1-2H3/t9-,11+,12+/m1/s1. The minimum Gasteiger partial charge on any atom is -0.447 e. The van der Waals surface area contributed by atoms with Crippen molar-refractivity contribution in [3.05, 3.63) is 35.9 Å². The summed E-state index contributed by atoms with van der Waals surface area (Å²) >= 11 is 0. The monoisotopic (exact) mass is 251 g/mol. The zero-order chi connectivity index (χ0) is 13.1. The van der Waals surface area contributed by atoms with Crippen molar-refractivity contribution in [2.75, 3.05) is 13.7 Å². The Kier molecular flexibility index (Phi) is 3.84. The first kappa shape index (κ1) is 12.9. The highest BCUT2D eigenvalue weighted by Crippen LogP contribution is 2.30. The number of nitrogens with zero attached hydrogens (tertiary/aromatic N) is 1. The number of rotatable bonds is 4. The van der Waals surface area contributed by atoms with Gasteiger partial charge in [-0.3, -0.25) is 4.90 Å². The van der Waals surface area contributed by atoms with Crippen LogP contribution in [0.1, 0.15) is 18.5 Å². The van der Waals surface area contributed by atoms with E-state index in [1.165, 1.54) is 12.0 Å². The molecule has 3 atom stereocenters. The Morgan fingerprint density at radius 1 is 1.44 bits per heavy atom. The maximum absolute atomic E-state index is 11.8. The molecule has 1 amide bonds. The molecular weight excluding hydrogens is 234 g/mol. The van der Waals surface area contributed by atoms with E-state index in [4.69, 9.17) is 9.47 Å². The van der Waals surface area contributed by atoms with Gasteiger partial charge >= 0.3 is 6.09 Å². The van der Waals surface area contributed by atoms with Gasteiger partial charge in [0.25, 0.3) is 0 Å². The molecule has 0 bridgehead atoms. The predicted molar refractivity (Wildman–Crippen MR) is 64.8 cm³/mol. The Bertz CT molecular complexity index is 407. The molecule has 1 saturated heterocycles. The normalized spacial score (nSPS) is 22.7. The van der Waals surface area contributed by atoms with E-state index in [0.717, 1.165) is 5.56 Å². The lowest BCUT2D eigenvalue weighted by molar-refractivity contribution is -0.0873. The molecule has 0 aliphatic carbocycles. The van der Waals surface area contributed by atoms with E-state index in [0.29, 0.717) is 0 Å². The number of hydrogen-bond donors (Lipinski definition) is 1. The Morgan fingerprint density at radius 3 is 2.67 bits per heavy atom.